The number of aliphatic hydroxyl groups excluding tert-OH is 2. The summed E-state index contributed by atoms with van der Waals surface area (Å²) in [6.45, 7) is 0.326. The van der Waals surface area contributed by atoms with Gasteiger partial charge in [-0.15, -0.1) is 0 Å². The molecule has 2 saturated carbocycles. The highest BCUT2D eigenvalue weighted by atomic mass is 31.2. The van der Waals surface area contributed by atoms with Crippen LogP contribution in [0.5, 0.6) is 5.75 Å². The van der Waals surface area contributed by atoms with Gasteiger partial charge in [0, 0.05) is 0 Å². The highest BCUT2D eigenvalue weighted by Gasteiger charge is 2.60. The van der Waals surface area contributed by atoms with E-state index in [1.54, 1.807) is 30.3 Å². The molecule has 2 fully saturated rings. The molecule has 460 valence electrons. The molecule has 11 rings (SSSR count). The van der Waals surface area contributed by atoms with E-state index in [2.05, 4.69) is 0 Å². The van der Waals surface area contributed by atoms with Crippen molar-refractivity contribution >= 4 is 7.82 Å². The van der Waals surface area contributed by atoms with Crippen molar-refractivity contribution in [1.82, 2.24) is 0 Å². The molecule has 0 bridgehead atoms. The minimum absolute atomic E-state index is 0.0220. The van der Waals surface area contributed by atoms with Crippen LogP contribution in [0.4, 0.5) is 0 Å². The number of rotatable bonds is 30. The molecule has 5 unspecified atom stereocenters. The van der Waals surface area contributed by atoms with E-state index in [9.17, 15) is 10.2 Å². The van der Waals surface area contributed by atoms with Crippen LogP contribution >= 0.6 is 7.82 Å². The average molecular weight is 1220 g/mol. The Balaban J connectivity index is 1.06. The number of aliphatic hydroxyl groups is 2. The molecule has 14 nitrogen and oxygen atoms in total. The second kappa shape index (κ2) is 32.3. The fraction of sp³-hybridized carbons (Fsp3) is 0.270. The van der Waals surface area contributed by atoms with Crippen LogP contribution < -0.4 is 4.52 Å². The zero-order valence-electron chi connectivity index (χ0n) is 49.3. The lowest BCUT2D eigenvalue weighted by Gasteiger charge is -2.50. The molecule has 0 heterocycles. The van der Waals surface area contributed by atoms with Gasteiger partial charge in [0.25, 0.3) is 0 Å². The number of phosphoric ester groups is 1. The summed E-state index contributed by atoms with van der Waals surface area (Å²) in [7, 11) is -5.27. The van der Waals surface area contributed by atoms with Gasteiger partial charge in [-0.3, -0.25) is 9.05 Å². The van der Waals surface area contributed by atoms with Gasteiger partial charge in [-0.2, -0.15) is 0 Å². The van der Waals surface area contributed by atoms with Crippen LogP contribution in [0.1, 0.15) is 44.5 Å². The molecule has 9 aromatic rings. The Morgan fingerprint density at radius 2 is 0.416 bits per heavy atom. The Kier molecular flexibility index (Phi) is 22.9. The zero-order chi connectivity index (χ0) is 60.9. The van der Waals surface area contributed by atoms with Crippen molar-refractivity contribution in [2.75, 3.05) is 0 Å². The van der Waals surface area contributed by atoms with Gasteiger partial charge in [0.1, 0.15) is 79.0 Å². The van der Waals surface area contributed by atoms with Crippen LogP contribution in [0.2, 0.25) is 0 Å². The Morgan fingerprint density at radius 1 is 0.236 bits per heavy atom. The van der Waals surface area contributed by atoms with Crippen molar-refractivity contribution in [1.29, 1.82) is 0 Å². The molecule has 0 saturated heterocycles. The van der Waals surface area contributed by atoms with Crippen LogP contribution in [-0.4, -0.2) is 83.5 Å². The van der Waals surface area contributed by atoms with E-state index in [0.717, 1.165) is 44.5 Å². The molecule has 0 amide bonds. The minimum Gasteiger partial charge on any atom is -0.404 e. The van der Waals surface area contributed by atoms with Crippen molar-refractivity contribution in [3.8, 4) is 5.75 Å². The topological polar surface area (TPSA) is 159 Å². The molecule has 89 heavy (non-hydrogen) atoms. The molecular weight excluding hydrogens is 1140 g/mol. The SMILES string of the molecule is O=P(Oc1ccccc1)(OC1[C@@H](OCc2ccccc2)[C@H](OCc2ccccc2)C(OCc2ccccc2)[C@H](OCc2ccccc2)[C@@H]1OCc1ccccc1)OC1[C@H](OCc2ccccc2)[C@H](O)C(OCc2ccccc2)[C@H](O)[C@H]1OCc1ccccc1. The normalized spacial score (nSPS) is 24.1. The number of ether oxygens (including phenoxy) is 8. The van der Waals surface area contributed by atoms with Gasteiger partial charge in [0.15, 0.2) is 0 Å². The van der Waals surface area contributed by atoms with E-state index in [-0.39, 0.29) is 58.6 Å². The Labute approximate surface area is 521 Å². The lowest BCUT2D eigenvalue weighted by molar-refractivity contribution is -0.283. The number of phosphoric acid groups is 1. The van der Waals surface area contributed by atoms with Crippen LogP contribution in [0.25, 0.3) is 0 Å². The zero-order valence-corrected chi connectivity index (χ0v) is 50.2. The van der Waals surface area contributed by atoms with Gasteiger partial charge >= 0.3 is 7.82 Å². The number of benzene rings is 9. The third-order valence-electron chi connectivity index (χ3n) is 15.7. The van der Waals surface area contributed by atoms with E-state index in [1.807, 2.05) is 243 Å². The van der Waals surface area contributed by atoms with Gasteiger partial charge in [-0.25, -0.2) is 4.57 Å². The van der Waals surface area contributed by atoms with E-state index < -0.39 is 81.1 Å². The molecule has 2 aliphatic rings. The predicted molar refractivity (Wildman–Crippen MR) is 337 cm³/mol. The molecular formula is C74H75O14P. The molecule has 13 atom stereocenters. The van der Waals surface area contributed by atoms with E-state index >= 15 is 4.57 Å². The molecule has 2 N–H and O–H groups in total. The monoisotopic (exact) mass is 1220 g/mol. The fourth-order valence-corrected chi connectivity index (χ4v) is 12.7. The van der Waals surface area contributed by atoms with Gasteiger partial charge in [0.05, 0.1) is 52.9 Å². The van der Waals surface area contributed by atoms with E-state index in [4.69, 9.17) is 51.5 Å². The third kappa shape index (κ3) is 17.7. The molecule has 0 aliphatic heterocycles. The highest BCUT2D eigenvalue weighted by molar-refractivity contribution is 7.49. The van der Waals surface area contributed by atoms with Crippen LogP contribution in [0, 0.1) is 0 Å². The predicted octanol–water partition coefficient (Wildman–Crippen LogP) is 13.4. The summed E-state index contributed by atoms with van der Waals surface area (Å²) in [4.78, 5) is 0. The maximum absolute atomic E-state index is 17.2. The number of hydrogen-bond donors (Lipinski definition) is 2. The van der Waals surface area contributed by atoms with Gasteiger partial charge in [0.2, 0.25) is 0 Å². The van der Waals surface area contributed by atoms with Crippen LogP contribution in [-0.2, 0) is 104 Å². The summed E-state index contributed by atoms with van der Waals surface area (Å²) in [5, 5.41) is 25.6. The molecule has 0 radical (unpaired) electrons. The number of para-hydroxylation sites is 1. The second-order valence-corrected chi connectivity index (χ2v) is 23.6. The Morgan fingerprint density at radius 3 is 0.652 bits per heavy atom. The summed E-state index contributed by atoms with van der Waals surface area (Å²) in [6, 6.07) is 85.5. The van der Waals surface area contributed by atoms with Crippen molar-refractivity contribution in [3.63, 3.8) is 0 Å². The largest absolute Gasteiger partial charge is 0.530 e. The molecule has 9 aromatic carbocycles. The molecule has 2 aliphatic carbocycles. The van der Waals surface area contributed by atoms with Crippen molar-refractivity contribution in [2.45, 2.75) is 126 Å². The Hall–Kier alpha value is -7.47. The number of hydrogen-bond acceptors (Lipinski definition) is 14. The summed E-state index contributed by atoms with van der Waals surface area (Å²) in [5.41, 5.74) is 6.59. The molecule has 15 heteroatoms. The highest BCUT2D eigenvalue weighted by Crippen LogP contribution is 2.56. The molecule has 0 spiro atoms. The molecule has 0 aromatic heterocycles. The average Bonchev–Trinajstić information content (AvgIpc) is 1.01. The first-order valence-corrected chi connectivity index (χ1v) is 31.6. The summed E-state index contributed by atoms with van der Waals surface area (Å²) in [5.74, 6) is 0.109. The van der Waals surface area contributed by atoms with Gasteiger partial charge in [-0.1, -0.05) is 261 Å². The minimum atomic E-state index is -5.27. The first kappa shape index (κ1) is 63.1. The van der Waals surface area contributed by atoms with Crippen molar-refractivity contribution < 1.29 is 66.2 Å². The van der Waals surface area contributed by atoms with Crippen molar-refractivity contribution in [2.24, 2.45) is 0 Å². The third-order valence-corrected chi connectivity index (χ3v) is 17.1. The second-order valence-electron chi connectivity index (χ2n) is 22.1. The summed E-state index contributed by atoms with van der Waals surface area (Å²) < 4.78 is 94.4. The lowest BCUT2D eigenvalue weighted by atomic mass is 9.83. The first-order valence-electron chi connectivity index (χ1n) is 30.1. The van der Waals surface area contributed by atoms with Crippen LogP contribution in [0.15, 0.2) is 273 Å². The maximum Gasteiger partial charge on any atom is 0.530 e. The maximum atomic E-state index is 17.2. The fourth-order valence-electron chi connectivity index (χ4n) is 11.2. The quantitative estimate of drug-likeness (QED) is 0.0410. The lowest BCUT2D eigenvalue weighted by Crippen LogP contribution is -2.67. The summed E-state index contributed by atoms with van der Waals surface area (Å²) >= 11 is 0. The standard InChI is InChI=1S/C74H75O14P/c75-63-65(78-46-54-28-10-1-11-29-54)64(76)67(80-48-56-32-14-3-15-33-56)73(66(63)79-47-55-30-12-2-13-31-55)87-89(77,86-62-44-26-9-27-45-62)88-74-71(84-52-60-40-22-7-23-41-60)69(82-50-58-36-18-5-19-37-58)68(81-49-57-34-16-4-17-35-57)70(83-51-59-38-20-6-21-39-59)72(74)85-53-61-42-24-8-25-43-61/h1-45,63-76H,46-53H2/t63-,64+,65?,66-,67-,68?,69-,70+,71+,72+,73?,74?,89?/m1/s1. The Bertz CT molecular complexity index is 3320. The summed E-state index contributed by atoms with van der Waals surface area (Å²) in [6.07, 6.45) is -15.9. The van der Waals surface area contributed by atoms with E-state index in [0.29, 0.717) is 0 Å². The first-order chi connectivity index (χ1) is 43.8. The smallest absolute Gasteiger partial charge is 0.404 e. The van der Waals surface area contributed by atoms with Gasteiger partial charge in [-0.05, 0) is 56.6 Å². The van der Waals surface area contributed by atoms with Crippen LogP contribution in [0.3, 0.4) is 0 Å². The van der Waals surface area contributed by atoms with Gasteiger partial charge < -0.3 is 52.6 Å². The van der Waals surface area contributed by atoms with Crippen molar-refractivity contribution in [3.05, 3.63) is 317 Å². The van der Waals surface area contributed by atoms with E-state index in [1.165, 1.54) is 0 Å².